The number of para-hydroxylation sites is 3. The Hall–Kier alpha value is -5.08. The summed E-state index contributed by atoms with van der Waals surface area (Å²) in [6, 6.07) is 22.6. The van der Waals surface area contributed by atoms with Crippen LogP contribution in [-0.2, 0) is 4.74 Å². The van der Waals surface area contributed by atoms with Gasteiger partial charge in [0.1, 0.15) is 16.6 Å². The van der Waals surface area contributed by atoms with Gasteiger partial charge in [-0.2, -0.15) is 14.0 Å². The molecule has 218 valence electrons. The molecule has 3 N–H and O–H groups in total. The molecule has 14 nitrogen and oxygen atoms in total. The quantitative estimate of drug-likeness (QED) is 0.184. The fourth-order valence-corrected chi connectivity index (χ4v) is 3.87. The van der Waals surface area contributed by atoms with Gasteiger partial charge in [-0.25, -0.2) is 0 Å². The van der Waals surface area contributed by atoms with E-state index in [-0.39, 0.29) is 5.96 Å². The van der Waals surface area contributed by atoms with Crippen LogP contribution in [0.2, 0.25) is 0 Å². The number of nitrogens with one attached hydrogen (secondary N) is 3. The van der Waals surface area contributed by atoms with E-state index < -0.39 is 0 Å². The molecule has 1 aliphatic heterocycles. The van der Waals surface area contributed by atoms with Gasteiger partial charge >= 0.3 is 0 Å². The van der Waals surface area contributed by atoms with Crippen LogP contribution in [0, 0.1) is 10.8 Å². The molecule has 0 atom stereocenters. The highest BCUT2D eigenvalue weighted by atomic mass is 16.5. The van der Waals surface area contributed by atoms with Crippen molar-refractivity contribution in [3.05, 3.63) is 72.8 Å². The van der Waals surface area contributed by atoms with Gasteiger partial charge in [0.2, 0.25) is 11.9 Å². The van der Waals surface area contributed by atoms with E-state index in [2.05, 4.69) is 36.3 Å². The maximum Gasteiger partial charge on any atom is 0.248 e. The summed E-state index contributed by atoms with van der Waals surface area (Å²) in [4.78, 5) is 1.68. The molecule has 3 aromatic heterocycles. The van der Waals surface area contributed by atoms with E-state index in [1.165, 1.54) is 26.9 Å². The van der Waals surface area contributed by atoms with Crippen molar-refractivity contribution in [1.82, 2.24) is 55.2 Å². The number of rotatable bonds is 0. The summed E-state index contributed by atoms with van der Waals surface area (Å²) >= 11 is 0. The molecule has 7 rings (SSSR count). The normalized spacial score (nSPS) is 12.1. The Kier molecular flexibility index (Phi) is 10.3. The zero-order valence-electron chi connectivity index (χ0n) is 24.1. The van der Waals surface area contributed by atoms with Crippen LogP contribution in [0.4, 0.5) is 0 Å². The van der Waals surface area contributed by atoms with Gasteiger partial charge < -0.3 is 15.0 Å². The first-order valence-electron chi connectivity index (χ1n) is 13.4. The van der Waals surface area contributed by atoms with Gasteiger partial charge in [-0.05, 0) is 63.3 Å². The second kappa shape index (κ2) is 14.5. The van der Waals surface area contributed by atoms with Gasteiger partial charge in [-0.3, -0.25) is 10.8 Å². The Morgan fingerprint density at radius 1 is 0.667 bits per heavy atom. The number of nitrogens with zero attached hydrogens (tertiary/aromatic N) is 10. The number of benzene rings is 3. The van der Waals surface area contributed by atoms with Crippen LogP contribution in [0.25, 0.3) is 33.1 Å². The topological polar surface area (TPSA) is 164 Å². The summed E-state index contributed by atoms with van der Waals surface area (Å²) in [5.74, 6) is 0.395. The number of hydrogen-bond acceptors (Lipinski definition) is 10. The molecule has 14 heteroatoms. The molecule has 0 unspecified atom stereocenters. The van der Waals surface area contributed by atoms with Gasteiger partial charge in [0.05, 0.1) is 16.6 Å². The summed E-state index contributed by atoms with van der Waals surface area (Å²) in [7, 11) is 7.36. The minimum Gasteiger partial charge on any atom is -0.381 e. The highest BCUT2D eigenvalue weighted by Gasteiger charge is 2.14. The number of fused-ring (bicyclic) bond motifs is 3. The zero-order chi connectivity index (χ0) is 29.9. The Labute approximate surface area is 242 Å². The highest BCUT2D eigenvalue weighted by molar-refractivity contribution is 5.94. The fourth-order valence-electron chi connectivity index (χ4n) is 3.87. The van der Waals surface area contributed by atoms with Crippen molar-refractivity contribution in [3.8, 4) is 0 Å². The largest absolute Gasteiger partial charge is 0.381 e. The lowest BCUT2D eigenvalue weighted by Gasteiger charge is -2.12. The van der Waals surface area contributed by atoms with E-state index in [0.717, 1.165) is 46.3 Å². The molecule has 42 heavy (non-hydrogen) atoms. The highest BCUT2D eigenvalue weighted by Crippen LogP contribution is 2.13. The lowest BCUT2D eigenvalue weighted by atomic mass is 10.3. The number of aromatic nitrogens is 9. The van der Waals surface area contributed by atoms with E-state index in [9.17, 15) is 0 Å². The Morgan fingerprint density at radius 3 is 1.38 bits per heavy atom. The van der Waals surface area contributed by atoms with Crippen LogP contribution in [0.15, 0.2) is 72.8 Å². The predicted octanol–water partition coefficient (Wildman–Crippen LogP) is 2.92. The van der Waals surface area contributed by atoms with Crippen LogP contribution < -0.4 is 5.32 Å². The molecule has 6 aromatic rings. The van der Waals surface area contributed by atoms with Crippen LogP contribution in [0.1, 0.15) is 12.8 Å². The van der Waals surface area contributed by atoms with E-state index in [1.54, 1.807) is 19.0 Å². The van der Waals surface area contributed by atoms with Gasteiger partial charge in [0.25, 0.3) is 0 Å². The third-order valence-electron chi connectivity index (χ3n) is 5.91. The summed E-state index contributed by atoms with van der Waals surface area (Å²) < 4.78 is 9.34. The average molecular weight is 570 g/mol. The molecule has 1 fully saturated rings. The van der Waals surface area contributed by atoms with Gasteiger partial charge in [-0.1, -0.05) is 52.0 Å². The first-order valence-corrected chi connectivity index (χ1v) is 13.4. The smallest absolute Gasteiger partial charge is 0.248 e. The monoisotopic (exact) mass is 569 g/mol. The fraction of sp³-hybridized carbons (Fsp3) is 0.286. The van der Waals surface area contributed by atoms with Crippen molar-refractivity contribution in [1.29, 1.82) is 10.8 Å². The standard InChI is InChI=1S/C13H9N7.C9H11N5.C4H8O.C2H7N/c14-13(19-11-7-3-1-5-9(11)15-17-19)20-12-8-4-2-6-10(12)16-18-20;1-13(2)9(10)14-8-6-4-3-5-7(8)11-12-14;1-2-4-5-3-1;1-3-2/h1-8,14H;3-6,10H,1-2H3;1-4H2;3H,1-2H3. The van der Waals surface area contributed by atoms with Crippen LogP contribution in [0.5, 0.6) is 0 Å². The second-order valence-electron chi connectivity index (χ2n) is 9.33. The van der Waals surface area contributed by atoms with Crippen LogP contribution in [0.3, 0.4) is 0 Å². The molecule has 0 amide bonds. The van der Waals surface area contributed by atoms with E-state index >= 15 is 0 Å². The van der Waals surface area contributed by atoms with E-state index in [1.807, 2.05) is 86.9 Å². The zero-order valence-corrected chi connectivity index (χ0v) is 24.1. The summed E-state index contributed by atoms with van der Waals surface area (Å²) in [5.41, 5.74) is 4.66. The molecular formula is C28H35N13O. The summed E-state index contributed by atoms with van der Waals surface area (Å²) in [6.07, 6.45) is 2.56. The Balaban J connectivity index is 0.000000159. The number of ether oxygens (including phenoxy) is 1. The van der Waals surface area contributed by atoms with E-state index in [4.69, 9.17) is 15.6 Å². The maximum absolute atomic E-state index is 8.29. The summed E-state index contributed by atoms with van der Waals surface area (Å²) in [5, 5.41) is 42.8. The van der Waals surface area contributed by atoms with E-state index in [0.29, 0.717) is 5.96 Å². The molecule has 0 aliphatic carbocycles. The van der Waals surface area contributed by atoms with Crippen LogP contribution in [-0.4, -0.2) is 103 Å². The molecule has 0 radical (unpaired) electrons. The van der Waals surface area contributed by atoms with Crippen LogP contribution >= 0.6 is 0 Å². The predicted molar refractivity (Wildman–Crippen MR) is 163 cm³/mol. The lowest BCUT2D eigenvalue weighted by molar-refractivity contribution is 0.198. The Bertz CT molecular complexity index is 1660. The average Bonchev–Trinajstić information content (AvgIpc) is 3.84. The maximum atomic E-state index is 8.29. The van der Waals surface area contributed by atoms with Crippen molar-refractivity contribution in [2.45, 2.75) is 12.8 Å². The molecule has 1 saturated heterocycles. The minimum atomic E-state index is 0.0902. The van der Waals surface area contributed by atoms with Gasteiger partial charge in [-0.15, -0.1) is 15.3 Å². The third kappa shape index (κ3) is 6.97. The number of hydrogen-bond donors (Lipinski definition) is 3. The first-order chi connectivity index (χ1) is 20.5. The van der Waals surface area contributed by atoms with Crippen molar-refractivity contribution < 1.29 is 4.74 Å². The lowest BCUT2D eigenvalue weighted by Crippen LogP contribution is -2.28. The van der Waals surface area contributed by atoms with Crippen molar-refractivity contribution in [2.24, 2.45) is 0 Å². The van der Waals surface area contributed by atoms with Gasteiger partial charge in [0, 0.05) is 27.3 Å². The minimum absolute atomic E-state index is 0.0902. The van der Waals surface area contributed by atoms with Crippen molar-refractivity contribution in [3.63, 3.8) is 0 Å². The molecule has 0 spiro atoms. The molecule has 4 heterocycles. The van der Waals surface area contributed by atoms with Gasteiger partial charge in [0.15, 0.2) is 0 Å². The molecular weight excluding hydrogens is 534 g/mol. The molecule has 3 aromatic carbocycles. The SMILES string of the molecule is C1CCOC1.CN(C)C(=N)n1nnc2ccccc21.CNC.N=C(n1nnc2ccccc21)n1nnc2ccccc21. The van der Waals surface area contributed by atoms with Crippen molar-refractivity contribution in [2.75, 3.05) is 41.4 Å². The van der Waals surface area contributed by atoms with Crippen molar-refractivity contribution >= 4 is 45.0 Å². The molecule has 0 saturated carbocycles. The third-order valence-corrected chi connectivity index (χ3v) is 5.91. The second-order valence-corrected chi connectivity index (χ2v) is 9.33. The first kappa shape index (κ1) is 29.9. The summed E-state index contributed by atoms with van der Waals surface area (Å²) in [6.45, 7) is 2.00. The Morgan fingerprint density at radius 2 is 1.02 bits per heavy atom. The molecule has 0 bridgehead atoms. The molecule has 1 aliphatic rings.